The van der Waals surface area contributed by atoms with Gasteiger partial charge < -0.3 is 10.6 Å². The molecule has 0 radical (unpaired) electrons. The highest BCUT2D eigenvalue weighted by Crippen LogP contribution is 2.09. The summed E-state index contributed by atoms with van der Waals surface area (Å²) in [6, 6.07) is 0. The Balaban J connectivity index is 1.98. The van der Waals surface area contributed by atoms with Crippen LogP contribution in [-0.2, 0) is 4.79 Å². The number of aromatic nitrogens is 1. The van der Waals surface area contributed by atoms with Crippen molar-refractivity contribution in [1.82, 2.24) is 10.3 Å². The zero-order chi connectivity index (χ0) is 11.6. The van der Waals surface area contributed by atoms with E-state index in [-0.39, 0.29) is 5.91 Å². The Kier molecular flexibility index (Phi) is 6.76. The highest BCUT2D eigenvalue weighted by Gasteiger charge is 2.02. The second-order valence-electron chi connectivity index (χ2n) is 3.62. The van der Waals surface area contributed by atoms with Crippen LogP contribution >= 0.6 is 11.3 Å². The van der Waals surface area contributed by atoms with Crippen molar-refractivity contribution in [3.05, 3.63) is 11.6 Å². The third-order valence-corrected chi connectivity index (χ3v) is 2.86. The van der Waals surface area contributed by atoms with Gasteiger partial charge in [0.15, 0.2) is 5.13 Å². The maximum Gasteiger partial charge on any atom is 0.240 e. The molecule has 0 aromatic carbocycles. The van der Waals surface area contributed by atoms with Gasteiger partial charge in [-0.3, -0.25) is 4.79 Å². The molecule has 1 heterocycles. The lowest BCUT2D eigenvalue weighted by molar-refractivity contribution is -0.115. The van der Waals surface area contributed by atoms with E-state index in [1.165, 1.54) is 30.6 Å². The van der Waals surface area contributed by atoms with Gasteiger partial charge in [-0.25, -0.2) is 4.98 Å². The van der Waals surface area contributed by atoms with Crippen LogP contribution in [0.1, 0.15) is 32.6 Å². The van der Waals surface area contributed by atoms with Crippen LogP contribution in [0.3, 0.4) is 0 Å². The SMILES string of the molecule is CCCCCCNCC(=O)Nc1nccs1. The van der Waals surface area contributed by atoms with Crippen LogP contribution in [0.4, 0.5) is 5.13 Å². The highest BCUT2D eigenvalue weighted by molar-refractivity contribution is 7.13. The van der Waals surface area contributed by atoms with Crippen LogP contribution in [0.25, 0.3) is 0 Å². The van der Waals surface area contributed by atoms with Crippen molar-refractivity contribution in [3.8, 4) is 0 Å². The summed E-state index contributed by atoms with van der Waals surface area (Å²) in [7, 11) is 0. The minimum absolute atomic E-state index is 0.0227. The molecule has 0 aliphatic carbocycles. The summed E-state index contributed by atoms with van der Waals surface area (Å²) in [5, 5.41) is 8.36. The van der Waals surface area contributed by atoms with E-state index in [0.29, 0.717) is 11.7 Å². The Morgan fingerprint density at radius 3 is 3.00 bits per heavy atom. The number of amides is 1. The molecule has 4 nitrogen and oxygen atoms in total. The maximum absolute atomic E-state index is 11.4. The molecule has 5 heteroatoms. The Morgan fingerprint density at radius 2 is 2.31 bits per heavy atom. The summed E-state index contributed by atoms with van der Waals surface area (Å²) in [6.45, 7) is 3.46. The van der Waals surface area contributed by atoms with Crippen molar-refractivity contribution in [2.24, 2.45) is 0 Å². The molecule has 0 aliphatic rings. The molecule has 1 amide bonds. The summed E-state index contributed by atoms with van der Waals surface area (Å²) in [6.07, 6.45) is 6.56. The van der Waals surface area contributed by atoms with Crippen molar-refractivity contribution in [2.45, 2.75) is 32.6 Å². The average Bonchev–Trinajstić information content (AvgIpc) is 2.76. The monoisotopic (exact) mass is 241 g/mol. The second-order valence-corrected chi connectivity index (χ2v) is 4.52. The number of carbonyl (C=O) groups excluding carboxylic acids is 1. The zero-order valence-corrected chi connectivity index (χ0v) is 10.5. The number of thiazole rings is 1. The van der Waals surface area contributed by atoms with E-state index in [2.05, 4.69) is 22.5 Å². The number of unbranched alkanes of at least 4 members (excludes halogenated alkanes) is 3. The minimum atomic E-state index is -0.0227. The molecule has 1 rings (SSSR count). The second kappa shape index (κ2) is 8.24. The standard InChI is InChI=1S/C11H19N3OS/c1-2-3-4-5-6-12-9-10(15)14-11-13-7-8-16-11/h7-8,12H,2-6,9H2,1H3,(H,13,14,15). The van der Waals surface area contributed by atoms with Gasteiger partial charge in [0.2, 0.25) is 5.91 Å². The minimum Gasteiger partial charge on any atom is -0.308 e. The average molecular weight is 241 g/mol. The predicted molar refractivity (Wildman–Crippen MR) is 67.8 cm³/mol. The fraction of sp³-hybridized carbons (Fsp3) is 0.636. The van der Waals surface area contributed by atoms with Gasteiger partial charge in [-0.15, -0.1) is 11.3 Å². The molecule has 90 valence electrons. The predicted octanol–water partition coefficient (Wildman–Crippen LogP) is 2.25. The van der Waals surface area contributed by atoms with E-state index in [4.69, 9.17) is 0 Å². The number of carbonyl (C=O) groups is 1. The Bertz CT molecular complexity index is 287. The number of hydrogen-bond acceptors (Lipinski definition) is 4. The fourth-order valence-corrected chi connectivity index (χ4v) is 1.87. The van der Waals surface area contributed by atoms with Crippen molar-refractivity contribution < 1.29 is 4.79 Å². The molecule has 0 spiro atoms. The van der Waals surface area contributed by atoms with Crippen LogP contribution in [0.5, 0.6) is 0 Å². The van der Waals surface area contributed by atoms with E-state index in [0.717, 1.165) is 13.0 Å². The van der Waals surface area contributed by atoms with Gasteiger partial charge in [0.05, 0.1) is 6.54 Å². The molecule has 0 atom stereocenters. The number of rotatable bonds is 8. The topological polar surface area (TPSA) is 54.0 Å². The van der Waals surface area contributed by atoms with E-state index < -0.39 is 0 Å². The van der Waals surface area contributed by atoms with Crippen molar-refractivity contribution >= 4 is 22.4 Å². The summed E-state index contributed by atoms with van der Waals surface area (Å²) in [5.74, 6) is -0.0227. The van der Waals surface area contributed by atoms with E-state index in [1.807, 2.05) is 5.38 Å². The molecule has 1 aromatic rings. The van der Waals surface area contributed by atoms with Gasteiger partial charge in [-0.05, 0) is 13.0 Å². The smallest absolute Gasteiger partial charge is 0.240 e. The molecule has 2 N–H and O–H groups in total. The summed E-state index contributed by atoms with van der Waals surface area (Å²) in [5.41, 5.74) is 0. The van der Waals surface area contributed by atoms with Gasteiger partial charge in [0, 0.05) is 11.6 Å². The number of nitrogens with one attached hydrogen (secondary N) is 2. The summed E-state index contributed by atoms with van der Waals surface area (Å²) >= 11 is 1.43. The molecular formula is C11H19N3OS. The molecule has 16 heavy (non-hydrogen) atoms. The van der Waals surface area contributed by atoms with Crippen LogP contribution in [-0.4, -0.2) is 24.0 Å². The fourth-order valence-electron chi connectivity index (χ4n) is 1.33. The third kappa shape index (κ3) is 5.82. The zero-order valence-electron chi connectivity index (χ0n) is 9.66. The van der Waals surface area contributed by atoms with Crippen LogP contribution in [0.2, 0.25) is 0 Å². The van der Waals surface area contributed by atoms with Crippen LogP contribution in [0, 0.1) is 0 Å². The number of anilines is 1. The molecular weight excluding hydrogens is 222 g/mol. The normalized spacial score (nSPS) is 10.3. The van der Waals surface area contributed by atoms with Gasteiger partial charge in [-0.1, -0.05) is 26.2 Å². The first-order valence-electron chi connectivity index (χ1n) is 5.73. The van der Waals surface area contributed by atoms with Gasteiger partial charge >= 0.3 is 0 Å². The van der Waals surface area contributed by atoms with Crippen molar-refractivity contribution in [1.29, 1.82) is 0 Å². The Labute approximate surface area is 100 Å². The van der Waals surface area contributed by atoms with Gasteiger partial charge in [-0.2, -0.15) is 0 Å². The number of nitrogens with zero attached hydrogens (tertiary/aromatic N) is 1. The first kappa shape index (κ1) is 13.1. The van der Waals surface area contributed by atoms with E-state index in [1.54, 1.807) is 6.20 Å². The third-order valence-electron chi connectivity index (χ3n) is 2.17. The quantitative estimate of drug-likeness (QED) is 0.686. The molecule has 1 aromatic heterocycles. The molecule has 0 bridgehead atoms. The van der Waals surface area contributed by atoms with Crippen LogP contribution < -0.4 is 10.6 Å². The Hall–Kier alpha value is -0.940. The highest BCUT2D eigenvalue weighted by atomic mass is 32.1. The van der Waals surface area contributed by atoms with Crippen molar-refractivity contribution in [3.63, 3.8) is 0 Å². The molecule has 0 fully saturated rings. The van der Waals surface area contributed by atoms with Gasteiger partial charge in [0.1, 0.15) is 0 Å². The first-order chi connectivity index (χ1) is 7.83. The molecule has 0 saturated heterocycles. The van der Waals surface area contributed by atoms with Gasteiger partial charge in [0.25, 0.3) is 0 Å². The largest absolute Gasteiger partial charge is 0.308 e. The maximum atomic E-state index is 11.4. The molecule has 0 aliphatic heterocycles. The first-order valence-corrected chi connectivity index (χ1v) is 6.61. The lowest BCUT2D eigenvalue weighted by Crippen LogP contribution is -2.28. The lowest BCUT2D eigenvalue weighted by atomic mass is 10.2. The summed E-state index contributed by atoms with van der Waals surface area (Å²) in [4.78, 5) is 15.4. The number of hydrogen-bond donors (Lipinski definition) is 2. The molecule has 0 saturated carbocycles. The molecule has 0 unspecified atom stereocenters. The lowest BCUT2D eigenvalue weighted by Gasteiger charge is -2.04. The van der Waals surface area contributed by atoms with E-state index >= 15 is 0 Å². The van der Waals surface area contributed by atoms with E-state index in [9.17, 15) is 4.79 Å². The summed E-state index contributed by atoms with van der Waals surface area (Å²) < 4.78 is 0. The van der Waals surface area contributed by atoms with Crippen molar-refractivity contribution in [2.75, 3.05) is 18.4 Å². The Morgan fingerprint density at radius 1 is 1.44 bits per heavy atom. The van der Waals surface area contributed by atoms with Crippen LogP contribution in [0.15, 0.2) is 11.6 Å².